The van der Waals surface area contributed by atoms with Crippen molar-refractivity contribution in [1.82, 2.24) is 4.98 Å². The fourth-order valence-corrected chi connectivity index (χ4v) is 3.15. The van der Waals surface area contributed by atoms with E-state index >= 15 is 0 Å². The van der Waals surface area contributed by atoms with Crippen molar-refractivity contribution in [2.45, 2.75) is 6.92 Å². The van der Waals surface area contributed by atoms with Gasteiger partial charge in [-0.3, -0.25) is 0 Å². The van der Waals surface area contributed by atoms with Crippen LogP contribution >= 0.6 is 27.5 Å². The molecule has 3 rings (SSSR count). The average Bonchev–Trinajstić information content (AvgIpc) is 2.43. The number of aromatic nitrogens is 1. The molecule has 20 heavy (non-hydrogen) atoms. The van der Waals surface area contributed by atoms with E-state index in [4.69, 9.17) is 17.3 Å². The number of benzene rings is 2. The molecule has 0 aliphatic heterocycles. The number of pyridine rings is 1. The van der Waals surface area contributed by atoms with Gasteiger partial charge in [0.25, 0.3) is 0 Å². The first-order valence-electron chi connectivity index (χ1n) is 6.17. The minimum Gasteiger partial charge on any atom is -0.383 e. The lowest BCUT2D eigenvalue weighted by Crippen LogP contribution is -1.92. The Labute approximate surface area is 130 Å². The van der Waals surface area contributed by atoms with Crippen LogP contribution in [0.1, 0.15) is 5.56 Å². The molecule has 2 aromatic carbocycles. The highest BCUT2D eigenvalue weighted by atomic mass is 79.9. The van der Waals surface area contributed by atoms with Gasteiger partial charge in [0.05, 0.1) is 4.47 Å². The summed E-state index contributed by atoms with van der Waals surface area (Å²) in [6.45, 7) is 2.06. The highest BCUT2D eigenvalue weighted by Gasteiger charge is 2.09. The lowest BCUT2D eigenvalue weighted by atomic mass is 9.98. The van der Waals surface area contributed by atoms with Gasteiger partial charge in [0.1, 0.15) is 5.82 Å². The number of hydrogen-bond donors (Lipinski definition) is 1. The Bertz CT molecular complexity index is 795. The molecule has 0 bridgehead atoms. The molecule has 0 saturated carbocycles. The molecule has 0 radical (unpaired) electrons. The summed E-state index contributed by atoms with van der Waals surface area (Å²) in [6, 6.07) is 12.1. The van der Waals surface area contributed by atoms with E-state index < -0.39 is 0 Å². The van der Waals surface area contributed by atoms with Crippen LogP contribution in [-0.2, 0) is 0 Å². The minimum absolute atomic E-state index is 0.499. The molecule has 0 amide bonds. The zero-order valence-corrected chi connectivity index (χ0v) is 13.2. The van der Waals surface area contributed by atoms with Crippen LogP contribution in [-0.4, -0.2) is 4.98 Å². The molecular formula is C16H12BrClN2. The molecule has 1 aromatic heterocycles. The summed E-state index contributed by atoms with van der Waals surface area (Å²) in [7, 11) is 0. The molecule has 0 fully saturated rings. The summed E-state index contributed by atoms with van der Waals surface area (Å²) in [5.74, 6) is 0.499. The maximum atomic E-state index is 6.33. The summed E-state index contributed by atoms with van der Waals surface area (Å²) in [5.41, 5.74) is 9.10. The fraction of sp³-hybridized carbons (Fsp3) is 0.0625. The van der Waals surface area contributed by atoms with Gasteiger partial charge < -0.3 is 5.73 Å². The second-order valence-corrected chi connectivity index (χ2v) is 5.89. The molecule has 2 N–H and O–H groups in total. The van der Waals surface area contributed by atoms with E-state index in [0.29, 0.717) is 5.82 Å². The number of fused-ring (bicyclic) bond motifs is 1. The van der Waals surface area contributed by atoms with Crippen LogP contribution in [0.5, 0.6) is 0 Å². The number of anilines is 1. The van der Waals surface area contributed by atoms with Crippen molar-refractivity contribution in [2.75, 3.05) is 5.73 Å². The smallest absolute Gasteiger partial charge is 0.138 e. The Hall–Kier alpha value is -1.58. The van der Waals surface area contributed by atoms with Crippen LogP contribution in [0.25, 0.3) is 21.9 Å². The van der Waals surface area contributed by atoms with E-state index in [1.54, 1.807) is 6.20 Å². The first-order valence-corrected chi connectivity index (χ1v) is 7.34. The number of rotatable bonds is 1. The van der Waals surface area contributed by atoms with E-state index in [1.807, 2.05) is 18.2 Å². The van der Waals surface area contributed by atoms with Crippen molar-refractivity contribution in [3.05, 3.63) is 57.7 Å². The van der Waals surface area contributed by atoms with Crippen LogP contribution in [0, 0.1) is 6.92 Å². The van der Waals surface area contributed by atoms with Gasteiger partial charge in [-0.2, -0.15) is 0 Å². The number of nitrogen functional groups attached to an aromatic ring is 1. The maximum Gasteiger partial charge on any atom is 0.138 e. The first-order chi connectivity index (χ1) is 9.58. The van der Waals surface area contributed by atoms with E-state index in [0.717, 1.165) is 37.0 Å². The largest absolute Gasteiger partial charge is 0.383 e. The number of nitrogens with zero attached hydrogens (tertiary/aromatic N) is 1. The van der Waals surface area contributed by atoms with Gasteiger partial charge in [0, 0.05) is 27.6 Å². The molecule has 0 saturated heterocycles. The van der Waals surface area contributed by atoms with Crippen LogP contribution < -0.4 is 5.73 Å². The highest BCUT2D eigenvalue weighted by Crippen LogP contribution is 2.35. The third kappa shape index (κ3) is 2.17. The number of aryl methyl sites for hydroxylation is 1. The zero-order valence-electron chi connectivity index (χ0n) is 10.8. The third-order valence-electron chi connectivity index (χ3n) is 3.37. The molecule has 4 heteroatoms. The molecule has 3 aromatic rings. The molecule has 0 unspecified atom stereocenters. The van der Waals surface area contributed by atoms with Gasteiger partial charge >= 0.3 is 0 Å². The normalized spacial score (nSPS) is 10.9. The Morgan fingerprint density at radius 1 is 1.20 bits per heavy atom. The van der Waals surface area contributed by atoms with Crippen molar-refractivity contribution in [2.24, 2.45) is 0 Å². The SMILES string of the molecule is Cc1cccc(Cl)c1-c1ccc2c(Br)c(N)ncc2c1. The Morgan fingerprint density at radius 2 is 2.00 bits per heavy atom. The van der Waals surface area contributed by atoms with Gasteiger partial charge in [-0.1, -0.05) is 35.9 Å². The van der Waals surface area contributed by atoms with Crippen LogP contribution in [0.3, 0.4) is 0 Å². The minimum atomic E-state index is 0.499. The first kappa shape index (κ1) is 13.4. The van der Waals surface area contributed by atoms with Crippen LogP contribution in [0.2, 0.25) is 5.02 Å². The molecule has 0 spiro atoms. The van der Waals surface area contributed by atoms with Crippen molar-refractivity contribution >= 4 is 44.1 Å². The lowest BCUT2D eigenvalue weighted by Gasteiger charge is -2.10. The van der Waals surface area contributed by atoms with Crippen LogP contribution in [0.15, 0.2) is 47.1 Å². The van der Waals surface area contributed by atoms with Gasteiger partial charge in [0.15, 0.2) is 0 Å². The number of hydrogen-bond acceptors (Lipinski definition) is 2. The van der Waals surface area contributed by atoms with Crippen molar-refractivity contribution < 1.29 is 0 Å². The quantitative estimate of drug-likeness (QED) is 0.656. The van der Waals surface area contributed by atoms with E-state index in [9.17, 15) is 0 Å². The summed E-state index contributed by atoms with van der Waals surface area (Å²) < 4.78 is 0.831. The fourth-order valence-electron chi connectivity index (χ4n) is 2.36. The molecule has 1 heterocycles. The van der Waals surface area contributed by atoms with E-state index in [-0.39, 0.29) is 0 Å². The van der Waals surface area contributed by atoms with Gasteiger partial charge in [-0.05, 0) is 46.1 Å². The predicted octanol–water partition coefficient (Wildman–Crippen LogP) is 5.21. The second kappa shape index (κ2) is 5.08. The zero-order chi connectivity index (χ0) is 14.3. The standard InChI is InChI=1S/C16H12BrClN2/c1-9-3-2-4-13(18)14(9)10-5-6-12-11(7-10)8-20-16(19)15(12)17/h2-8H,1H3,(H2,19,20). The van der Waals surface area contributed by atoms with Crippen LogP contribution in [0.4, 0.5) is 5.82 Å². The summed E-state index contributed by atoms with van der Waals surface area (Å²) >= 11 is 9.80. The topological polar surface area (TPSA) is 38.9 Å². The van der Waals surface area contributed by atoms with Crippen molar-refractivity contribution in [1.29, 1.82) is 0 Å². The molecule has 0 atom stereocenters. The van der Waals surface area contributed by atoms with E-state index in [2.05, 4.69) is 46.0 Å². The third-order valence-corrected chi connectivity index (χ3v) is 4.51. The lowest BCUT2D eigenvalue weighted by molar-refractivity contribution is 1.35. The second-order valence-electron chi connectivity index (χ2n) is 4.69. The molecular weight excluding hydrogens is 336 g/mol. The van der Waals surface area contributed by atoms with Gasteiger partial charge in [0.2, 0.25) is 0 Å². The van der Waals surface area contributed by atoms with Gasteiger partial charge in [-0.25, -0.2) is 4.98 Å². The van der Waals surface area contributed by atoms with Crippen molar-refractivity contribution in [3.63, 3.8) is 0 Å². The maximum absolute atomic E-state index is 6.33. The Balaban J connectivity index is 2.27. The summed E-state index contributed by atoms with van der Waals surface area (Å²) in [6.07, 6.45) is 1.78. The molecule has 2 nitrogen and oxygen atoms in total. The Kier molecular flexibility index (Phi) is 3.40. The molecule has 0 aliphatic rings. The number of halogens is 2. The monoisotopic (exact) mass is 346 g/mol. The highest BCUT2D eigenvalue weighted by molar-refractivity contribution is 9.10. The molecule has 100 valence electrons. The van der Waals surface area contributed by atoms with E-state index in [1.165, 1.54) is 0 Å². The summed E-state index contributed by atoms with van der Waals surface area (Å²) in [5, 5.41) is 2.83. The number of nitrogens with two attached hydrogens (primary N) is 1. The Morgan fingerprint density at radius 3 is 2.75 bits per heavy atom. The van der Waals surface area contributed by atoms with Crippen molar-refractivity contribution in [3.8, 4) is 11.1 Å². The average molecular weight is 348 g/mol. The van der Waals surface area contributed by atoms with Gasteiger partial charge in [-0.15, -0.1) is 0 Å². The predicted molar refractivity (Wildman–Crippen MR) is 89.0 cm³/mol. The molecule has 0 aliphatic carbocycles. The summed E-state index contributed by atoms with van der Waals surface area (Å²) in [4.78, 5) is 4.18.